The number of esters is 2. The molecule has 1 heterocycles. The first kappa shape index (κ1) is 21.6. The van der Waals surface area contributed by atoms with Crippen molar-refractivity contribution in [3.63, 3.8) is 0 Å². The van der Waals surface area contributed by atoms with Crippen molar-refractivity contribution in [1.29, 1.82) is 0 Å². The summed E-state index contributed by atoms with van der Waals surface area (Å²) in [5.74, 6) is -0.893. The Bertz CT molecular complexity index is 1170. The lowest BCUT2D eigenvalue weighted by Crippen LogP contribution is -2.43. The first-order chi connectivity index (χ1) is 15.5. The van der Waals surface area contributed by atoms with Crippen LogP contribution >= 0.6 is 11.6 Å². The van der Waals surface area contributed by atoms with Gasteiger partial charge in [-0.1, -0.05) is 54.1 Å². The lowest BCUT2D eigenvalue weighted by Gasteiger charge is -2.25. The van der Waals surface area contributed by atoms with Gasteiger partial charge in [0.05, 0.1) is 17.7 Å². The summed E-state index contributed by atoms with van der Waals surface area (Å²) >= 11 is 6.04. The maximum Gasteiger partial charge on any atom is 0.345 e. The Labute approximate surface area is 190 Å². The van der Waals surface area contributed by atoms with Crippen molar-refractivity contribution >= 4 is 29.4 Å². The monoisotopic (exact) mass is 449 g/mol. The smallest absolute Gasteiger partial charge is 0.345 e. The first-order valence-corrected chi connectivity index (χ1v) is 10.4. The minimum absolute atomic E-state index is 0.193. The van der Waals surface area contributed by atoms with Crippen LogP contribution in [0.3, 0.4) is 0 Å². The van der Waals surface area contributed by atoms with Crippen LogP contribution in [-0.4, -0.2) is 35.9 Å². The van der Waals surface area contributed by atoms with Gasteiger partial charge in [-0.3, -0.25) is 4.79 Å². The zero-order chi connectivity index (χ0) is 22.7. The number of amides is 1. The largest absolute Gasteiger partial charge is 0.467 e. The van der Waals surface area contributed by atoms with E-state index in [0.29, 0.717) is 22.9 Å². The predicted molar refractivity (Wildman–Crippen MR) is 119 cm³/mol. The molecular weight excluding hydrogens is 430 g/mol. The number of carbonyl (C=O) groups excluding carboxylic acids is 3. The van der Waals surface area contributed by atoms with Crippen LogP contribution < -0.4 is 4.74 Å². The summed E-state index contributed by atoms with van der Waals surface area (Å²) in [5.41, 5.74) is 2.55. The van der Waals surface area contributed by atoms with E-state index >= 15 is 0 Å². The highest BCUT2D eigenvalue weighted by Gasteiger charge is 2.36. The minimum atomic E-state index is -0.767. The Morgan fingerprint density at radius 2 is 1.69 bits per heavy atom. The van der Waals surface area contributed by atoms with Gasteiger partial charge in [-0.15, -0.1) is 0 Å². The average Bonchev–Trinajstić information content (AvgIpc) is 3.14. The molecule has 0 fully saturated rings. The van der Waals surface area contributed by atoms with E-state index in [1.165, 1.54) is 12.0 Å². The molecule has 0 aliphatic carbocycles. The molecule has 4 rings (SSSR count). The fourth-order valence-electron chi connectivity index (χ4n) is 3.69. The second-order valence-electron chi connectivity index (χ2n) is 7.35. The molecule has 0 radical (unpaired) electrons. The summed E-state index contributed by atoms with van der Waals surface area (Å²) in [6.07, 6.45) is 0.269. The molecule has 6 nitrogen and oxygen atoms in total. The minimum Gasteiger partial charge on any atom is -0.467 e. The quantitative estimate of drug-likeness (QED) is 0.414. The number of methoxy groups -OCH3 is 1. The second-order valence-corrected chi connectivity index (χ2v) is 7.75. The van der Waals surface area contributed by atoms with E-state index < -0.39 is 18.0 Å². The summed E-state index contributed by atoms with van der Waals surface area (Å²) in [5, 5.41) is 0.311. The number of hydrogen-bond donors (Lipinski definition) is 0. The fourth-order valence-corrected chi connectivity index (χ4v) is 3.90. The van der Waals surface area contributed by atoms with E-state index in [-0.39, 0.29) is 17.9 Å². The van der Waals surface area contributed by atoms with Gasteiger partial charge in [-0.2, -0.15) is 0 Å². The summed E-state index contributed by atoms with van der Waals surface area (Å²) < 4.78 is 10.4. The number of hydrogen-bond acceptors (Lipinski definition) is 5. The van der Waals surface area contributed by atoms with Crippen molar-refractivity contribution in [3.05, 3.63) is 100 Å². The number of halogens is 1. The molecule has 0 spiro atoms. The molecule has 1 aliphatic heterocycles. The normalized spacial score (nSPS) is 13.4. The number of benzene rings is 3. The van der Waals surface area contributed by atoms with E-state index in [9.17, 15) is 14.4 Å². The Kier molecular flexibility index (Phi) is 6.23. The molecule has 0 unspecified atom stereocenters. The van der Waals surface area contributed by atoms with Gasteiger partial charge in [0.1, 0.15) is 11.8 Å². The fraction of sp³-hybridized carbons (Fsp3) is 0.160. The van der Waals surface area contributed by atoms with Crippen molar-refractivity contribution in [2.45, 2.75) is 19.0 Å². The number of fused-ring (bicyclic) bond motifs is 1. The molecule has 0 saturated heterocycles. The molecule has 1 aliphatic rings. The maximum atomic E-state index is 12.8. The predicted octanol–water partition coefficient (Wildman–Crippen LogP) is 4.30. The molecule has 3 aromatic rings. The van der Waals surface area contributed by atoms with Crippen LogP contribution in [0.2, 0.25) is 5.02 Å². The highest BCUT2D eigenvalue weighted by atomic mass is 35.5. The van der Waals surface area contributed by atoms with Gasteiger partial charge < -0.3 is 14.4 Å². The van der Waals surface area contributed by atoms with Crippen molar-refractivity contribution in [1.82, 2.24) is 4.90 Å². The number of rotatable bonds is 6. The third-order valence-electron chi connectivity index (χ3n) is 5.36. The first-order valence-electron chi connectivity index (χ1n) is 10.0. The Hall–Kier alpha value is -3.64. The van der Waals surface area contributed by atoms with Gasteiger partial charge in [0.2, 0.25) is 0 Å². The van der Waals surface area contributed by atoms with E-state index in [2.05, 4.69) is 0 Å². The zero-order valence-electron chi connectivity index (χ0n) is 17.3. The van der Waals surface area contributed by atoms with Crippen LogP contribution in [0.25, 0.3) is 0 Å². The standard InChI is InChI=1S/C25H20ClNO5/c1-31-25(30)22(27-15-17-6-2-3-7-19(17)23(27)28)14-16-10-12-18(13-11-16)32-24(29)20-8-4-5-9-21(20)26/h2-13,22H,14-15H2,1H3/t22-/m1/s1. The Morgan fingerprint density at radius 1 is 1.00 bits per heavy atom. The van der Waals surface area contributed by atoms with Gasteiger partial charge >= 0.3 is 11.9 Å². The third-order valence-corrected chi connectivity index (χ3v) is 5.69. The zero-order valence-corrected chi connectivity index (χ0v) is 18.0. The van der Waals surface area contributed by atoms with Crippen molar-refractivity contribution < 1.29 is 23.9 Å². The molecule has 0 saturated carbocycles. The summed E-state index contributed by atoms with van der Waals surface area (Å²) in [4.78, 5) is 39.2. The Morgan fingerprint density at radius 3 is 2.38 bits per heavy atom. The lowest BCUT2D eigenvalue weighted by atomic mass is 10.0. The van der Waals surface area contributed by atoms with E-state index in [1.807, 2.05) is 12.1 Å². The van der Waals surface area contributed by atoms with Crippen molar-refractivity contribution in [2.75, 3.05) is 7.11 Å². The summed E-state index contributed by atoms with van der Waals surface area (Å²) in [7, 11) is 1.31. The van der Waals surface area contributed by atoms with E-state index in [1.54, 1.807) is 60.7 Å². The van der Waals surface area contributed by atoms with Crippen LogP contribution in [0.15, 0.2) is 72.8 Å². The van der Waals surface area contributed by atoms with Crippen LogP contribution in [-0.2, 0) is 22.5 Å². The lowest BCUT2D eigenvalue weighted by molar-refractivity contribution is -0.146. The van der Waals surface area contributed by atoms with Crippen LogP contribution in [0.1, 0.15) is 31.8 Å². The molecule has 0 N–H and O–H groups in total. The molecular formula is C25H20ClNO5. The van der Waals surface area contributed by atoms with Crippen LogP contribution in [0, 0.1) is 0 Å². The van der Waals surface area contributed by atoms with Crippen molar-refractivity contribution in [3.8, 4) is 5.75 Å². The number of nitrogens with zero attached hydrogens (tertiary/aromatic N) is 1. The molecule has 0 aromatic heterocycles. The third kappa shape index (κ3) is 4.36. The molecule has 7 heteroatoms. The molecule has 3 aromatic carbocycles. The highest BCUT2D eigenvalue weighted by Crippen LogP contribution is 2.27. The van der Waals surface area contributed by atoms with Gasteiger partial charge in [0.15, 0.2) is 0 Å². The summed E-state index contributed by atoms with van der Waals surface area (Å²) in [6, 6.07) is 20.0. The summed E-state index contributed by atoms with van der Waals surface area (Å²) in [6.45, 7) is 0.350. The topological polar surface area (TPSA) is 72.9 Å². The molecule has 0 bridgehead atoms. The van der Waals surface area contributed by atoms with Crippen molar-refractivity contribution in [2.24, 2.45) is 0 Å². The molecule has 1 amide bonds. The van der Waals surface area contributed by atoms with E-state index in [0.717, 1.165) is 11.1 Å². The molecule has 1 atom stereocenters. The molecule has 32 heavy (non-hydrogen) atoms. The SMILES string of the molecule is COC(=O)[C@@H](Cc1ccc(OC(=O)c2ccccc2Cl)cc1)N1Cc2ccccc2C1=O. The number of carbonyl (C=O) groups is 3. The second kappa shape index (κ2) is 9.24. The van der Waals surface area contributed by atoms with Crippen LogP contribution in [0.5, 0.6) is 5.75 Å². The maximum absolute atomic E-state index is 12.8. The molecule has 162 valence electrons. The highest BCUT2D eigenvalue weighted by molar-refractivity contribution is 6.33. The van der Waals surface area contributed by atoms with E-state index in [4.69, 9.17) is 21.1 Å². The van der Waals surface area contributed by atoms with Crippen LogP contribution in [0.4, 0.5) is 0 Å². The van der Waals surface area contributed by atoms with Gasteiger partial charge in [-0.25, -0.2) is 9.59 Å². The van der Waals surface area contributed by atoms with Gasteiger partial charge in [0.25, 0.3) is 5.91 Å². The van der Waals surface area contributed by atoms with Gasteiger partial charge in [0, 0.05) is 18.5 Å². The number of ether oxygens (including phenoxy) is 2. The van der Waals surface area contributed by atoms with Gasteiger partial charge in [-0.05, 0) is 41.5 Å². The average molecular weight is 450 g/mol. The Balaban J connectivity index is 1.48.